The van der Waals surface area contributed by atoms with Crippen LogP contribution in [0.3, 0.4) is 0 Å². The molecule has 3 N–H and O–H groups in total. The van der Waals surface area contributed by atoms with E-state index in [1.165, 1.54) is 18.2 Å². The Morgan fingerprint density at radius 2 is 2.00 bits per heavy atom. The van der Waals surface area contributed by atoms with Gasteiger partial charge in [0.1, 0.15) is 5.75 Å². The molecule has 1 aliphatic rings. The van der Waals surface area contributed by atoms with Gasteiger partial charge >= 0.3 is 6.03 Å². The molecule has 0 bridgehead atoms. The highest BCUT2D eigenvalue weighted by Crippen LogP contribution is 2.24. The first-order valence-electron chi connectivity index (χ1n) is 9.35. The molecule has 0 unspecified atom stereocenters. The molecule has 3 rings (SSSR count). The highest BCUT2D eigenvalue weighted by atomic mass is 32.2. The summed E-state index contributed by atoms with van der Waals surface area (Å²) < 4.78 is 5.13. The third kappa shape index (κ3) is 5.48. The van der Waals surface area contributed by atoms with E-state index in [9.17, 15) is 9.59 Å². The Kier molecular flexibility index (Phi) is 6.91. The van der Waals surface area contributed by atoms with Crippen LogP contribution in [-0.2, 0) is 4.79 Å². The Hall–Kier alpha value is -2.55. The number of benzene rings is 1. The molecule has 1 aliphatic carbocycles. The van der Waals surface area contributed by atoms with Gasteiger partial charge in [-0.15, -0.1) is 5.10 Å². The predicted octanol–water partition coefficient (Wildman–Crippen LogP) is 2.98. The summed E-state index contributed by atoms with van der Waals surface area (Å²) >= 11 is 1.17. The van der Waals surface area contributed by atoms with Crippen molar-refractivity contribution in [2.24, 2.45) is 5.92 Å². The van der Waals surface area contributed by atoms with Gasteiger partial charge in [0.05, 0.1) is 12.9 Å². The van der Waals surface area contributed by atoms with Gasteiger partial charge in [-0.2, -0.15) is 0 Å². The zero-order chi connectivity index (χ0) is 19.9. The first kappa shape index (κ1) is 20.2. The fourth-order valence-corrected chi connectivity index (χ4v) is 3.82. The van der Waals surface area contributed by atoms with Crippen molar-refractivity contribution in [2.45, 2.75) is 43.8 Å². The Balaban J connectivity index is 1.45. The SMILES string of the molecule is COc1ccc(-c2nc(SCC(=O)NC(=O)N[C@H]3CCCC[C@@H]3C)n[nH]2)cc1. The van der Waals surface area contributed by atoms with Gasteiger partial charge in [-0.1, -0.05) is 31.5 Å². The molecule has 0 aliphatic heterocycles. The van der Waals surface area contributed by atoms with Crippen molar-refractivity contribution in [2.75, 3.05) is 12.9 Å². The van der Waals surface area contributed by atoms with Crippen molar-refractivity contribution >= 4 is 23.7 Å². The van der Waals surface area contributed by atoms with Crippen LogP contribution in [0.25, 0.3) is 11.4 Å². The van der Waals surface area contributed by atoms with Crippen LogP contribution in [0.5, 0.6) is 5.75 Å². The minimum Gasteiger partial charge on any atom is -0.497 e. The van der Waals surface area contributed by atoms with E-state index < -0.39 is 6.03 Å². The number of hydrogen-bond acceptors (Lipinski definition) is 6. The zero-order valence-corrected chi connectivity index (χ0v) is 16.8. The van der Waals surface area contributed by atoms with E-state index in [0.717, 1.165) is 30.6 Å². The number of aromatic amines is 1. The molecule has 2 aromatic rings. The number of carbonyl (C=O) groups is 2. The molecule has 1 heterocycles. The van der Waals surface area contributed by atoms with Crippen LogP contribution in [0, 0.1) is 5.92 Å². The van der Waals surface area contributed by atoms with E-state index in [2.05, 4.69) is 32.7 Å². The summed E-state index contributed by atoms with van der Waals surface area (Å²) in [6, 6.07) is 7.12. The van der Waals surface area contributed by atoms with E-state index in [0.29, 0.717) is 16.9 Å². The number of rotatable bonds is 6. The standard InChI is InChI=1S/C19H25N5O3S/c1-12-5-3-4-6-15(12)20-18(26)21-16(25)11-28-19-22-17(23-24-19)13-7-9-14(27-2)10-8-13/h7-10,12,15H,3-6,11H2,1-2H3,(H,22,23,24)(H2,20,21,25,26)/t12-,15-/m0/s1. The van der Waals surface area contributed by atoms with Gasteiger partial charge in [0.15, 0.2) is 5.82 Å². The first-order valence-corrected chi connectivity index (χ1v) is 10.3. The second kappa shape index (κ2) is 9.59. The number of urea groups is 1. The molecular formula is C19H25N5O3S. The Labute approximate surface area is 168 Å². The fourth-order valence-electron chi connectivity index (χ4n) is 3.22. The van der Waals surface area contributed by atoms with Crippen LogP contribution >= 0.6 is 11.8 Å². The second-order valence-electron chi connectivity index (χ2n) is 6.87. The minimum absolute atomic E-state index is 0.0630. The topological polar surface area (TPSA) is 109 Å². The first-order chi connectivity index (χ1) is 13.5. The predicted molar refractivity (Wildman–Crippen MR) is 107 cm³/mol. The average molecular weight is 404 g/mol. The number of amides is 3. The van der Waals surface area contributed by atoms with Crippen molar-refractivity contribution in [1.82, 2.24) is 25.8 Å². The van der Waals surface area contributed by atoms with Crippen LogP contribution < -0.4 is 15.4 Å². The van der Waals surface area contributed by atoms with Crippen molar-refractivity contribution in [3.8, 4) is 17.1 Å². The Morgan fingerprint density at radius 1 is 1.25 bits per heavy atom. The summed E-state index contributed by atoms with van der Waals surface area (Å²) in [7, 11) is 1.61. The number of hydrogen-bond donors (Lipinski definition) is 3. The molecule has 0 spiro atoms. The number of imide groups is 1. The normalized spacial score (nSPS) is 19.1. The lowest BCUT2D eigenvalue weighted by Crippen LogP contribution is -2.48. The van der Waals surface area contributed by atoms with Gasteiger partial charge in [0.25, 0.3) is 0 Å². The van der Waals surface area contributed by atoms with Crippen LogP contribution in [0.2, 0.25) is 0 Å². The molecule has 0 saturated heterocycles. The maximum absolute atomic E-state index is 12.0. The summed E-state index contributed by atoms with van der Waals surface area (Å²) in [4.78, 5) is 28.4. The molecule has 28 heavy (non-hydrogen) atoms. The Morgan fingerprint density at radius 3 is 2.71 bits per heavy atom. The molecule has 1 aromatic carbocycles. The second-order valence-corrected chi connectivity index (χ2v) is 7.82. The third-order valence-electron chi connectivity index (χ3n) is 4.84. The van der Waals surface area contributed by atoms with E-state index in [-0.39, 0.29) is 17.7 Å². The quantitative estimate of drug-likeness (QED) is 0.640. The number of H-pyrrole nitrogens is 1. The molecule has 0 radical (unpaired) electrons. The summed E-state index contributed by atoms with van der Waals surface area (Å²) in [6.45, 7) is 2.13. The average Bonchev–Trinajstić information content (AvgIpc) is 3.17. The molecule has 3 amide bonds. The molecule has 1 saturated carbocycles. The van der Waals surface area contributed by atoms with Crippen LogP contribution in [0.4, 0.5) is 4.79 Å². The van der Waals surface area contributed by atoms with Crippen LogP contribution in [0.15, 0.2) is 29.4 Å². The Bertz CT molecular complexity index is 808. The van der Waals surface area contributed by atoms with Crippen molar-refractivity contribution in [3.63, 3.8) is 0 Å². The van der Waals surface area contributed by atoms with Gasteiger partial charge in [0.2, 0.25) is 11.1 Å². The maximum atomic E-state index is 12.0. The van der Waals surface area contributed by atoms with Crippen LogP contribution in [0.1, 0.15) is 32.6 Å². The molecule has 2 atom stereocenters. The molecular weight excluding hydrogens is 378 g/mol. The number of methoxy groups -OCH3 is 1. The largest absolute Gasteiger partial charge is 0.497 e. The summed E-state index contributed by atoms with van der Waals surface area (Å²) in [6.07, 6.45) is 4.38. The van der Waals surface area contributed by atoms with E-state index in [4.69, 9.17) is 4.74 Å². The number of ether oxygens (including phenoxy) is 1. The summed E-state index contributed by atoms with van der Waals surface area (Å²) in [5.74, 6) is 1.49. The molecule has 9 heteroatoms. The molecule has 150 valence electrons. The van der Waals surface area contributed by atoms with E-state index in [1.807, 2.05) is 24.3 Å². The number of aromatic nitrogens is 3. The van der Waals surface area contributed by atoms with Gasteiger partial charge in [-0.25, -0.2) is 9.78 Å². The van der Waals surface area contributed by atoms with E-state index in [1.54, 1.807) is 7.11 Å². The van der Waals surface area contributed by atoms with Gasteiger partial charge < -0.3 is 10.1 Å². The lowest BCUT2D eigenvalue weighted by atomic mass is 9.86. The summed E-state index contributed by atoms with van der Waals surface area (Å²) in [5, 5.41) is 12.7. The van der Waals surface area contributed by atoms with E-state index >= 15 is 0 Å². The zero-order valence-electron chi connectivity index (χ0n) is 16.0. The monoisotopic (exact) mass is 403 g/mol. The number of nitrogens with zero attached hydrogens (tertiary/aromatic N) is 2. The summed E-state index contributed by atoms with van der Waals surface area (Å²) in [5.41, 5.74) is 0.866. The van der Waals surface area contributed by atoms with Crippen molar-refractivity contribution in [1.29, 1.82) is 0 Å². The van der Waals surface area contributed by atoms with Crippen molar-refractivity contribution < 1.29 is 14.3 Å². The lowest BCUT2D eigenvalue weighted by Gasteiger charge is -2.29. The lowest BCUT2D eigenvalue weighted by molar-refractivity contribution is -0.117. The number of thioether (sulfide) groups is 1. The van der Waals surface area contributed by atoms with Gasteiger partial charge in [-0.3, -0.25) is 15.2 Å². The number of carbonyl (C=O) groups excluding carboxylic acids is 2. The molecule has 1 aromatic heterocycles. The highest BCUT2D eigenvalue weighted by molar-refractivity contribution is 7.99. The minimum atomic E-state index is -0.432. The van der Waals surface area contributed by atoms with Crippen molar-refractivity contribution in [3.05, 3.63) is 24.3 Å². The molecule has 1 fully saturated rings. The fraction of sp³-hybridized carbons (Fsp3) is 0.474. The number of nitrogens with one attached hydrogen (secondary N) is 3. The molecule has 8 nitrogen and oxygen atoms in total. The third-order valence-corrected chi connectivity index (χ3v) is 5.69. The van der Waals surface area contributed by atoms with Crippen LogP contribution in [-0.4, -0.2) is 46.0 Å². The maximum Gasteiger partial charge on any atom is 0.321 e. The van der Waals surface area contributed by atoms with Gasteiger partial charge in [-0.05, 0) is 43.0 Å². The van der Waals surface area contributed by atoms with Gasteiger partial charge in [0, 0.05) is 11.6 Å². The smallest absolute Gasteiger partial charge is 0.321 e. The highest BCUT2D eigenvalue weighted by Gasteiger charge is 2.23.